The Morgan fingerprint density at radius 3 is 2.50 bits per heavy atom. The molecule has 3 nitrogen and oxygen atoms in total. The lowest BCUT2D eigenvalue weighted by Crippen LogP contribution is -2.01. The van der Waals surface area contributed by atoms with Gasteiger partial charge in [0, 0.05) is 6.54 Å². The Morgan fingerprint density at radius 2 is 1.94 bits per heavy atom. The zero-order valence-electron chi connectivity index (χ0n) is 10.1. The summed E-state index contributed by atoms with van der Waals surface area (Å²) < 4.78 is 6.97. The van der Waals surface area contributed by atoms with Gasteiger partial charge >= 0.3 is 0 Å². The number of rotatable bonds is 3. The maximum Gasteiger partial charge on any atom is 0.147 e. The molecular formula is C15H12N2O. The van der Waals surface area contributed by atoms with E-state index in [0.717, 1.165) is 11.3 Å². The molecule has 0 spiro atoms. The number of aromatic nitrogens is 2. The monoisotopic (exact) mass is 236 g/mol. The molecule has 0 saturated carbocycles. The maximum atomic E-state index is 5.44. The summed E-state index contributed by atoms with van der Waals surface area (Å²) >= 11 is 0. The van der Waals surface area contributed by atoms with Crippen LogP contribution >= 0.6 is 0 Å². The zero-order chi connectivity index (χ0) is 13.0. The normalized spacial score (nSPS) is 9.50. The predicted molar refractivity (Wildman–Crippen MR) is 70.2 cm³/mol. The molecule has 18 heavy (non-hydrogen) atoms. The van der Waals surface area contributed by atoms with Crippen molar-refractivity contribution in [1.82, 2.24) is 9.55 Å². The number of imidazole rings is 1. The molecule has 2 rings (SSSR count). The van der Waals surface area contributed by atoms with Crippen LogP contribution in [-0.2, 0) is 6.54 Å². The molecule has 0 aliphatic carbocycles. The molecule has 0 unspecified atom stereocenters. The van der Waals surface area contributed by atoms with Crippen LogP contribution in [0, 0.1) is 24.7 Å². The number of benzene rings is 1. The second-order valence-corrected chi connectivity index (χ2v) is 3.71. The van der Waals surface area contributed by atoms with Crippen molar-refractivity contribution >= 4 is 0 Å². The number of hydrogen-bond donors (Lipinski definition) is 0. The van der Waals surface area contributed by atoms with E-state index in [4.69, 9.17) is 17.6 Å². The average molecular weight is 236 g/mol. The number of methoxy groups -OCH3 is 1. The first kappa shape index (κ1) is 11.8. The van der Waals surface area contributed by atoms with Crippen LogP contribution in [0.2, 0.25) is 0 Å². The fourth-order valence-corrected chi connectivity index (χ4v) is 1.69. The van der Waals surface area contributed by atoms with Gasteiger partial charge in [0.1, 0.15) is 17.1 Å². The van der Waals surface area contributed by atoms with Crippen molar-refractivity contribution in [1.29, 1.82) is 0 Å². The third kappa shape index (κ3) is 2.21. The van der Waals surface area contributed by atoms with Gasteiger partial charge in [-0.3, -0.25) is 0 Å². The lowest BCUT2D eigenvalue weighted by Gasteiger charge is -2.06. The van der Waals surface area contributed by atoms with Gasteiger partial charge in [0.05, 0.1) is 13.4 Å². The molecule has 88 valence electrons. The van der Waals surface area contributed by atoms with E-state index in [1.54, 1.807) is 13.4 Å². The topological polar surface area (TPSA) is 27.1 Å². The summed E-state index contributed by atoms with van der Waals surface area (Å²) in [5.74, 6) is 5.87. The first-order valence-electron chi connectivity index (χ1n) is 5.39. The molecule has 3 heteroatoms. The van der Waals surface area contributed by atoms with Gasteiger partial charge < -0.3 is 9.30 Å². The molecule has 0 saturated heterocycles. The maximum absolute atomic E-state index is 5.44. The summed E-state index contributed by atoms with van der Waals surface area (Å²) in [5, 5.41) is 0. The van der Waals surface area contributed by atoms with Gasteiger partial charge in [-0.05, 0) is 29.5 Å². The van der Waals surface area contributed by atoms with E-state index in [2.05, 4.69) is 16.8 Å². The van der Waals surface area contributed by atoms with Crippen molar-refractivity contribution in [2.45, 2.75) is 6.54 Å². The van der Waals surface area contributed by atoms with Gasteiger partial charge in [0.25, 0.3) is 0 Å². The lowest BCUT2D eigenvalue weighted by molar-refractivity contribution is 0.414. The lowest BCUT2D eigenvalue weighted by atomic mass is 10.2. The SMILES string of the molecule is C#Cc1ncn(Cc2ccc(OC)cc2)c1C#C. The third-order valence-electron chi connectivity index (χ3n) is 2.62. The van der Waals surface area contributed by atoms with Crippen molar-refractivity contribution in [3.05, 3.63) is 47.5 Å². The van der Waals surface area contributed by atoms with Crippen LogP contribution in [0.3, 0.4) is 0 Å². The fraction of sp³-hybridized carbons (Fsp3) is 0.133. The van der Waals surface area contributed by atoms with E-state index in [-0.39, 0.29) is 0 Å². The van der Waals surface area contributed by atoms with E-state index in [9.17, 15) is 0 Å². The molecular weight excluding hydrogens is 224 g/mol. The van der Waals surface area contributed by atoms with E-state index < -0.39 is 0 Å². The molecule has 0 atom stereocenters. The second kappa shape index (κ2) is 5.12. The average Bonchev–Trinajstić information content (AvgIpc) is 2.81. The summed E-state index contributed by atoms with van der Waals surface area (Å²) in [4.78, 5) is 4.10. The van der Waals surface area contributed by atoms with Gasteiger partial charge in [0.2, 0.25) is 0 Å². The minimum atomic E-state index is 0.506. The van der Waals surface area contributed by atoms with Crippen LogP contribution in [0.5, 0.6) is 5.75 Å². The largest absolute Gasteiger partial charge is 0.497 e. The predicted octanol–water partition coefficient (Wildman–Crippen LogP) is 1.90. The number of hydrogen-bond acceptors (Lipinski definition) is 2. The summed E-state index contributed by atoms with van der Waals surface area (Å²) in [5.41, 5.74) is 2.24. The number of nitrogens with zero attached hydrogens (tertiary/aromatic N) is 2. The smallest absolute Gasteiger partial charge is 0.147 e. The van der Waals surface area contributed by atoms with Crippen LogP contribution in [0.1, 0.15) is 17.0 Å². The Morgan fingerprint density at radius 1 is 1.22 bits per heavy atom. The molecule has 0 bridgehead atoms. The van der Waals surface area contributed by atoms with Gasteiger partial charge in [-0.25, -0.2) is 4.98 Å². The van der Waals surface area contributed by atoms with Gasteiger partial charge in [-0.2, -0.15) is 0 Å². The van der Waals surface area contributed by atoms with Crippen LogP contribution in [0.15, 0.2) is 30.6 Å². The molecule has 0 aliphatic rings. The summed E-state index contributed by atoms with van der Waals surface area (Å²) in [6.45, 7) is 0.637. The third-order valence-corrected chi connectivity index (χ3v) is 2.62. The Labute approximate surface area is 106 Å². The minimum absolute atomic E-state index is 0.506. The minimum Gasteiger partial charge on any atom is -0.497 e. The molecule has 2 aromatic rings. The van der Waals surface area contributed by atoms with Crippen LogP contribution in [0.4, 0.5) is 0 Å². The first-order valence-corrected chi connectivity index (χ1v) is 5.39. The van der Waals surface area contributed by atoms with Crippen LogP contribution in [-0.4, -0.2) is 16.7 Å². The van der Waals surface area contributed by atoms with Crippen molar-refractivity contribution in [3.8, 4) is 30.4 Å². The Kier molecular flexibility index (Phi) is 3.36. The Hall–Kier alpha value is -2.65. The molecule has 0 N–H and O–H groups in total. The fourth-order valence-electron chi connectivity index (χ4n) is 1.69. The highest BCUT2D eigenvalue weighted by Gasteiger charge is 2.06. The van der Waals surface area contributed by atoms with Crippen LogP contribution in [0.25, 0.3) is 0 Å². The molecule has 0 radical (unpaired) electrons. The quantitative estimate of drug-likeness (QED) is 0.761. The molecule has 0 aliphatic heterocycles. The highest BCUT2D eigenvalue weighted by atomic mass is 16.5. The molecule has 1 heterocycles. The van der Waals surface area contributed by atoms with Gasteiger partial charge in [0.15, 0.2) is 0 Å². The number of terminal acetylenes is 2. The highest BCUT2D eigenvalue weighted by Crippen LogP contribution is 2.14. The van der Waals surface area contributed by atoms with E-state index in [0.29, 0.717) is 17.9 Å². The Balaban J connectivity index is 2.26. The molecule has 1 aromatic heterocycles. The van der Waals surface area contributed by atoms with E-state index in [1.165, 1.54) is 0 Å². The van der Waals surface area contributed by atoms with Crippen molar-refractivity contribution in [3.63, 3.8) is 0 Å². The van der Waals surface area contributed by atoms with Crippen molar-refractivity contribution < 1.29 is 4.74 Å². The highest BCUT2D eigenvalue weighted by molar-refractivity contribution is 5.41. The summed E-state index contributed by atoms with van der Waals surface area (Å²) in [7, 11) is 1.64. The molecule has 0 amide bonds. The summed E-state index contributed by atoms with van der Waals surface area (Å²) in [6.07, 6.45) is 12.4. The van der Waals surface area contributed by atoms with Crippen LogP contribution < -0.4 is 4.74 Å². The van der Waals surface area contributed by atoms with Gasteiger partial charge in [-0.15, -0.1) is 12.8 Å². The van der Waals surface area contributed by atoms with Crippen molar-refractivity contribution in [2.24, 2.45) is 0 Å². The number of ether oxygens (including phenoxy) is 1. The standard InChI is InChI=1S/C15H12N2O/c1-4-14-15(5-2)17(11-16-14)10-12-6-8-13(18-3)9-7-12/h1-2,6-9,11H,10H2,3H3. The Bertz CT molecular complexity index is 624. The van der Waals surface area contributed by atoms with E-state index >= 15 is 0 Å². The molecule has 0 fully saturated rings. The first-order chi connectivity index (χ1) is 8.78. The van der Waals surface area contributed by atoms with E-state index in [1.807, 2.05) is 28.8 Å². The summed E-state index contributed by atoms with van der Waals surface area (Å²) in [6, 6.07) is 7.77. The van der Waals surface area contributed by atoms with Crippen molar-refractivity contribution in [2.75, 3.05) is 7.11 Å². The van der Waals surface area contributed by atoms with Gasteiger partial charge in [-0.1, -0.05) is 12.1 Å². The second-order valence-electron chi connectivity index (χ2n) is 3.71. The molecule has 1 aromatic carbocycles. The zero-order valence-corrected chi connectivity index (χ0v) is 10.1.